The summed E-state index contributed by atoms with van der Waals surface area (Å²) in [6.45, 7) is 13.3. The van der Waals surface area contributed by atoms with Gasteiger partial charge in [-0.1, -0.05) is 47.6 Å². The molecule has 106 valence electrons. The quantitative estimate of drug-likeness (QED) is 0.688. The Hall–Kier alpha value is -0.340. The zero-order chi connectivity index (χ0) is 14.0. The molecule has 1 aliphatic rings. The van der Waals surface area contributed by atoms with Gasteiger partial charge in [-0.25, -0.2) is 0 Å². The topological polar surface area (TPSA) is 23.5 Å². The Morgan fingerprint density at radius 3 is 1.89 bits per heavy atom. The van der Waals surface area contributed by atoms with E-state index in [4.69, 9.17) is 0 Å². The largest absolute Gasteiger partial charge is 0.312 e. The van der Waals surface area contributed by atoms with Crippen molar-refractivity contribution in [1.82, 2.24) is 5.06 Å². The standard InChI is InChI=1S/C16H31NO/c1-7-15(8-2)12-14(11-13(5)6)16(9-3,10-4)17(15)18/h12-13,18H,7-11H2,1-6H3. The number of hydrogen-bond donors (Lipinski definition) is 1. The molecule has 0 unspecified atom stereocenters. The van der Waals surface area contributed by atoms with Crippen LogP contribution in [-0.2, 0) is 0 Å². The molecule has 1 heterocycles. The third-order valence-corrected chi connectivity index (χ3v) is 4.89. The van der Waals surface area contributed by atoms with Crippen LogP contribution in [0.25, 0.3) is 0 Å². The SMILES string of the molecule is CCC1(CC)C=C(CC(C)C)C(CC)(CC)N1O. The number of hydrogen-bond acceptors (Lipinski definition) is 2. The fourth-order valence-corrected chi connectivity index (χ4v) is 3.53. The maximum Gasteiger partial charge on any atom is 0.0674 e. The van der Waals surface area contributed by atoms with Crippen LogP contribution in [0.2, 0.25) is 0 Å². The lowest BCUT2D eigenvalue weighted by Gasteiger charge is -2.43. The molecule has 0 fully saturated rings. The Labute approximate surface area is 113 Å². The van der Waals surface area contributed by atoms with E-state index >= 15 is 0 Å². The molecule has 0 aromatic carbocycles. The molecule has 18 heavy (non-hydrogen) atoms. The number of rotatable bonds is 6. The Morgan fingerprint density at radius 1 is 1.06 bits per heavy atom. The lowest BCUT2D eigenvalue weighted by molar-refractivity contribution is -0.209. The average molecular weight is 253 g/mol. The molecule has 1 aliphatic heterocycles. The minimum atomic E-state index is -0.143. The highest BCUT2D eigenvalue weighted by Crippen LogP contribution is 2.48. The second kappa shape index (κ2) is 5.75. The summed E-state index contributed by atoms with van der Waals surface area (Å²) in [7, 11) is 0. The Morgan fingerprint density at radius 2 is 1.56 bits per heavy atom. The van der Waals surface area contributed by atoms with E-state index in [1.807, 2.05) is 0 Å². The van der Waals surface area contributed by atoms with E-state index in [0.29, 0.717) is 5.92 Å². The first-order chi connectivity index (χ1) is 8.42. The van der Waals surface area contributed by atoms with Gasteiger partial charge in [0.15, 0.2) is 0 Å². The summed E-state index contributed by atoms with van der Waals surface area (Å²) >= 11 is 0. The Bertz CT molecular complexity index is 298. The van der Waals surface area contributed by atoms with Crippen molar-refractivity contribution in [2.75, 3.05) is 0 Å². The summed E-state index contributed by atoms with van der Waals surface area (Å²) in [5, 5.41) is 12.5. The molecule has 0 saturated heterocycles. The monoisotopic (exact) mass is 253 g/mol. The summed E-state index contributed by atoms with van der Waals surface area (Å²) in [5.41, 5.74) is 1.18. The van der Waals surface area contributed by atoms with Crippen molar-refractivity contribution in [1.29, 1.82) is 0 Å². The van der Waals surface area contributed by atoms with Gasteiger partial charge in [0.05, 0.1) is 11.1 Å². The lowest BCUT2D eigenvalue weighted by atomic mass is 9.82. The van der Waals surface area contributed by atoms with Gasteiger partial charge in [0.1, 0.15) is 0 Å². The maximum absolute atomic E-state index is 10.8. The fraction of sp³-hybridized carbons (Fsp3) is 0.875. The molecular weight excluding hydrogens is 222 g/mol. The second-order valence-corrected chi connectivity index (χ2v) is 6.13. The molecule has 1 rings (SSSR count). The van der Waals surface area contributed by atoms with E-state index in [-0.39, 0.29) is 11.1 Å². The number of hydroxylamine groups is 2. The summed E-state index contributed by atoms with van der Waals surface area (Å²) in [6.07, 6.45) is 7.40. The van der Waals surface area contributed by atoms with Crippen molar-refractivity contribution < 1.29 is 5.21 Å². The smallest absolute Gasteiger partial charge is 0.0674 e. The molecule has 0 radical (unpaired) electrons. The van der Waals surface area contributed by atoms with Crippen molar-refractivity contribution >= 4 is 0 Å². The molecule has 2 heteroatoms. The van der Waals surface area contributed by atoms with Crippen LogP contribution in [0.3, 0.4) is 0 Å². The third-order valence-electron chi connectivity index (χ3n) is 4.89. The fourth-order valence-electron chi connectivity index (χ4n) is 3.53. The van der Waals surface area contributed by atoms with Crippen LogP contribution in [0.15, 0.2) is 11.6 Å². The van der Waals surface area contributed by atoms with Crippen LogP contribution in [-0.4, -0.2) is 21.3 Å². The molecule has 0 atom stereocenters. The van der Waals surface area contributed by atoms with Crippen LogP contribution in [0.1, 0.15) is 73.6 Å². The van der Waals surface area contributed by atoms with Crippen LogP contribution < -0.4 is 0 Å². The van der Waals surface area contributed by atoms with Crippen LogP contribution in [0, 0.1) is 5.92 Å². The molecular formula is C16H31NO. The highest BCUT2D eigenvalue weighted by atomic mass is 16.5. The predicted octanol–water partition coefficient (Wildman–Crippen LogP) is 4.78. The first-order valence-electron chi connectivity index (χ1n) is 7.63. The van der Waals surface area contributed by atoms with Crippen molar-refractivity contribution in [2.24, 2.45) is 5.92 Å². The minimum absolute atomic E-state index is 0.129. The van der Waals surface area contributed by atoms with Crippen molar-refractivity contribution in [2.45, 2.75) is 84.7 Å². The third kappa shape index (κ3) is 2.25. The predicted molar refractivity (Wildman–Crippen MR) is 77.8 cm³/mol. The molecule has 0 aromatic heterocycles. The van der Waals surface area contributed by atoms with Crippen LogP contribution in [0.5, 0.6) is 0 Å². The van der Waals surface area contributed by atoms with Gasteiger partial charge in [-0.15, -0.1) is 0 Å². The lowest BCUT2D eigenvalue weighted by Crippen LogP contribution is -2.53. The van der Waals surface area contributed by atoms with E-state index in [1.54, 1.807) is 5.06 Å². The first-order valence-corrected chi connectivity index (χ1v) is 7.63. The van der Waals surface area contributed by atoms with Gasteiger partial charge in [-0.05, 0) is 43.6 Å². The molecule has 1 N–H and O–H groups in total. The van der Waals surface area contributed by atoms with E-state index in [1.165, 1.54) is 5.57 Å². The van der Waals surface area contributed by atoms with E-state index < -0.39 is 0 Å². The Kier molecular flexibility index (Phi) is 5.02. The van der Waals surface area contributed by atoms with Crippen LogP contribution in [0.4, 0.5) is 0 Å². The zero-order valence-corrected chi connectivity index (χ0v) is 13.1. The normalized spacial score (nSPS) is 22.6. The zero-order valence-electron chi connectivity index (χ0n) is 13.1. The van der Waals surface area contributed by atoms with E-state index in [0.717, 1.165) is 32.1 Å². The van der Waals surface area contributed by atoms with Crippen LogP contribution >= 0.6 is 0 Å². The van der Waals surface area contributed by atoms with Gasteiger partial charge < -0.3 is 5.21 Å². The number of nitrogens with zero attached hydrogens (tertiary/aromatic N) is 1. The second-order valence-electron chi connectivity index (χ2n) is 6.13. The highest BCUT2D eigenvalue weighted by molar-refractivity contribution is 5.33. The molecule has 0 aliphatic carbocycles. The van der Waals surface area contributed by atoms with Gasteiger partial charge in [0, 0.05) is 0 Å². The van der Waals surface area contributed by atoms with Crippen molar-refractivity contribution in [3.63, 3.8) is 0 Å². The molecule has 2 nitrogen and oxygen atoms in total. The van der Waals surface area contributed by atoms with E-state index in [9.17, 15) is 5.21 Å². The molecule has 0 saturated carbocycles. The summed E-state index contributed by atoms with van der Waals surface area (Å²) in [4.78, 5) is 0. The highest BCUT2D eigenvalue weighted by Gasteiger charge is 2.51. The first kappa shape index (κ1) is 15.7. The molecule has 0 amide bonds. The average Bonchev–Trinajstić information content (AvgIpc) is 2.59. The molecule has 0 aromatic rings. The van der Waals surface area contributed by atoms with Gasteiger partial charge in [-0.2, -0.15) is 5.06 Å². The maximum atomic E-state index is 10.8. The van der Waals surface area contributed by atoms with Gasteiger partial charge in [0.25, 0.3) is 0 Å². The van der Waals surface area contributed by atoms with Gasteiger partial charge in [0.2, 0.25) is 0 Å². The summed E-state index contributed by atoms with van der Waals surface area (Å²) < 4.78 is 0. The van der Waals surface area contributed by atoms with Gasteiger partial charge >= 0.3 is 0 Å². The van der Waals surface area contributed by atoms with E-state index in [2.05, 4.69) is 47.6 Å². The Balaban J connectivity index is 3.22. The van der Waals surface area contributed by atoms with Gasteiger partial charge in [-0.3, -0.25) is 0 Å². The van der Waals surface area contributed by atoms with Crippen molar-refractivity contribution in [3.05, 3.63) is 11.6 Å². The summed E-state index contributed by atoms with van der Waals surface area (Å²) in [6, 6.07) is 0. The minimum Gasteiger partial charge on any atom is -0.312 e. The summed E-state index contributed by atoms with van der Waals surface area (Å²) in [5.74, 6) is 0.645. The molecule has 0 spiro atoms. The van der Waals surface area contributed by atoms with Crippen molar-refractivity contribution in [3.8, 4) is 0 Å². The molecule has 0 bridgehead atoms.